The number of carbonyl (C=O) groups is 1. The summed E-state index contributed by atoms with van der Waals surface area (Å²) in [4.78, 5) is 13.6. The number of likely N-dealkylation sites (N-methyl/N-ethyl adjacent to an activating group) is 1. The van der Waals surface area contributed by atoms with Crippen LogP contribution in [-0.2, 0) is 6.54 Å². The van der Waals surface area contributed by atoms with Crippen LogP contribution in [0.15, 0.2) is 12.3 Å². The normalized spacial score (nSPS) is 10.7. The molecule has 5 nitrogen and oxygen atoms in total. The maximum Gasteiger partial charge on any atom is 0.271 e. The highest BCUT2D eigenvalue weighted by atomic mass is 16.1. The lowest BCUT2D eigenvalue weighted by Crippen LogP contribution is -2.31. The van der Waals surface area contributed by atoms with Crippen molar-refractivity contribution >= 4 is 5.91 Å². The smallest absolute Gasteiger partial charge is 0.271 e. The zero-order chi connectivity index (χ0) is 11.3. The van der Waals surface area contributed by atoms with E-state index in [1.807, 2.05) is 25.9 Å². The molecular weight excluding hydrogens is 192 g/mol. The van der Waals surface area contributed by atoms with Gasteiger partial charge in [-0.3, -0.25) is 9.48 Å². The minimum Gasteiger partial charge on any atom is -0.349 e. The summed E-state index contributed by atoms with van der Waals surface area (Å²) in [5.74, 6) is -0.107. The first-order valence-corrected chi connectivity index (χ1v) is 5.10. The molecule has 0 spiro atoms. The summed E-state index contributed by atoms with van der Waals surface area (Å²) < 4.78 is 1.74. The monoisotopic (exact) mass is 210 g/mol. The molecular formula is C10H18N4O. The van der Waals surface area contributed by atoms with Crippen LogP contribution in [0.25, 0.3) is 0 Å². The second-order valence-electron chi connectivity index (χ2n) is 3.62. The Balaban J connectivity index is 2.40. The standard InChI is InChI=1S/C10H18N4O/c1-4-14-7-5-9(12-14)10(15)11-6-8-13(2)3/h5,7H,4,6,8H2,1-3H3,(H,11,15). The molecule has 0 fully saturated rings. The molecule has 1 aromatic rings. The van der Waals surface area contributed by atoms with Gasteiger partial charge in [0.2, 0.25) is 0 Å². The number of hydrogen-bond donors (Lipinski definition) is 1. The molecule has 0 radical (unpaired) electrons. The average molecular weight is 210 g/mol. The first-order chi connectivity index (χ1) is 7.13. The van der Waals surface area contributed by atoms with Crippen LogP contribution in [0.5, 0.6) is 0 Å². The zero-order valence-electron chi connectivity index (χ0n) is 9.53. The van der Waals surface area contributed by atoms with Crippen LogP contribution in [0.2, 0.25) is 0 Å². The largest absolute Gasteiger partial charge is 0.349 e. The maximum atomic E-state index is 11.5. The van der Waals surface area contributed by atoms with Crippen molar-refractivity contribution in [1.82, 2.24) is 20.0 Å². The Morgan fingerprint density at radius 3 is 2.87 bits per heavy atom. The van der Waals surface area contributed by atoms with Crippen molar-refractivity contribution in [1.29, 1.82) is 0 Å². The molecule has 0 aliphatic heterocycles. The van der Waals surface area contributed by atoms with E-state index in [1.165, 1.54) is 0 Å². The molecule has 0 aliphatic rings. The third-order valence-electron chi connectivity index (χ3n) is 2.04. The lowest BCUT2D eigenvalue weighted by atomic mass is 10.4. The topological polar surface area (TPSA) is 50.2 Å². The summed E-state index contributed by atoms with van der Waals surface area (Å²) in [5, 5.41) is 6.93. The lowest BCUT2D eigenvalue weighted by Gasteiger charge is -2.09. The molecule has 5 heteroatoms. The van der Waals surface area contributed by atoms with Gasteiger partial charge in [-0.05, 0) is 27.1 Å². The van der Waals surface area contributed by atoms with Gasteiger partial charge in [0.15, 0.2) is 0 Å². The Labute approximate surface area is 90.1 Å². The van der Waals surface area contributed by atoms with E-state index in [1.54, 1.807) is 16.9 Å². The van der Waals surface area contributed by atoms with Crippen LogP contribution < -0.4 is 5.32 Å². The number of hydrogen-bond acceptors (Lipinski definition) is 3. The van der Waals surface area contributed by atoms with Gasteiger partial charge >= 0.3 is 0 Å². The first-order valence-electron chi connectivity index (χ1n) is 5.10. The number of nitrogens with zero attached hydrogens (tertiary/aromatic N) is 3. The van der Waals surface area contributed by atoms with Crippen molar-refractivity contribution in [2.75, 3.05) is 27.2 Å². The van der Waals surface area contributed by atoms with Crippen molar-refractivity contribution in [3.05, 3.63) is 18.0 Å². The van der Waals surface area contributed by atoms with Crippen LogP contribution in [0.4, 0.5) is 0 Å². The van der Waals surface area contributed by atoms with Crippen molar-refractivity contribution < 1.29 is 4.79 Å². The lowest BCUT2D eigenvalue weighted by molar-refractivity contribution is 0.0945. The van der Waals surface area contributed by atoms with E-state index in [0.29, 0.717) is 12.2 Å². The van der Waals surface area contributed by atoms with Gasteiger partial charge in [-0.2, -0.15) is 5.10 Å². The second-order valence-corrected chi connectivity index (χ2v) is 3.62. The highest BCUT2D eigenvalue weighted by molar-refractivity contribution is 5.92. The Bertz CT molecular complexity index is 319. The predicted octanol–water partition coefficient (Wildman–Crippen LogP) is 0.194. The fourth-order valence-electron chi connectivity index (χ4n) is 1.14. The van der Waals surface area contributed by atoms with E-state index < -0.39 is 0 Å². The number of aromatic nitrogens is 2. The molecule has 1 heterocycles. The minimum atomic E-state index is -0.107. The highest BCUT2D eigenvalue weighted by Crippen LogP contribution is 1.94. The van der Waals surface area contributed by atoms with E-state index in [4.69, 9.17) is 0 Å². The van der Waals surface area contributed by atoms with Crippen LogP contribution in [0, 0.1) is 0 Å². The van der Waals surface area contributed by atoms with Crippen LogP contribution >= 0.6 is 0 Å². The number of carbonyl (C=O) groups excluding carboxylic acids is 1. The van der Waals surface area contributed by atoms with Gasteiger partial charge in [-0.25, -0.2) is 0 Å². The molecule has 1 rings (SSSR count). The summed E-state index contributed by atoms with van der Waals surface area (Å²) >= 11 is 0. The molecule has 1 N–H and O–H groups in total. The summed E-state index contributed by atoms with van der Waals surface area (Å²) in [6.45, 7) is 4.25. The van der Waals surface area contributed by atoms with Gasteiger partial charge in [-0.15, -0.1) is 0 Å². The molecule has 15 heavy (non-hydrogen) atoms. The number of amides is 1. The van der Waals surface area contributed by atoms with E-state index in [0.717, 1.165) is 13.1 Å². The van der Waals surface area contributed by atoms with Gasteiger partial charge in [0.25, 0.3) is 5.91 Å². The average Bonchev–Trinajstić information content (AvgIpc) is 2.65. The van der Waals surface area contributed by atoms with Crippen molar-refractivity contribution in [2.24, 2.45) is 0 Å². The van der Waals surface area contributed by atoms with Crippen molar-refractivity contribution in [3.8, 4) is 0 Å². The van der Waals surface area contributed by atoms with E-state index in [9.17, 15) is 4.79 Å². The number of aryl methyl sites for hydroxylation is 1. The number of nitrogens with one attached hydrogen (secondary N) is 1. The SMILES string of the molecule is CCn1ccc(C(=O)NCCN(C)C)n1. The molecule has 0 aromatic carbocycles. The van der Waals surface area contributed by atoms with E-state index in [-0.39, 0.29) is 5.91 Å². The van der Waals surface area contributed by atoms with Gasteiger partial charge in [0, 0.05) is 25.8 Å². The van der Waals surface area contributed by atoms with Crippen molar-refractivity contribution in [2.45, 2.75) is 13.5 Å². The third-order valence-corrected chi connectivity index (χ3v) is 2.04. The molecule has 0 saturated carbocycles. The van der Waals surface area contributed by atoms with E-state index >= 15 is 0 Å². The Kier molecular flexibility index (Phi) is 4.30. The number of rotatable bonds is 5. The summed E-state index contributed by atoms with van der Waals surface area (Å²) in [6, 6.07) is 1.73. The van der Waals surface area contributed by atoms with Gasteiger partial charge in [0.05, 0.1) is 0 Å². The van der Waals surface area contributed by atoms with Crippen LogP contribution in [0.1, 0.15) is 17.4 Å². The Morgan fingerprint density at radius 1 is 1.60 bits per heavy atom. The molecule has 0 bridgehead atoms. The Morgan fingerprint density at radius 2 is 2.33 bits per heavy atom. The molecule has 1 amide bonds. The quantitative estimate of drug-likeness (QED) is 0.755. The fourth-order valence-corrected chi connectivity index (χ4v) is 1.14. The predicted molar refractivity (Wildman–Crippen MR) is 58.8 cm³/mol. The molecule has 0 aliphatic carbocycles. The fraction of sp³-hybridized carbons (Fsp3) is 0.600. The minimum absolute atomic E-state index is 0.107. The van der Waals surface area contributed by atoms with Gasteiger partial charge in [-0.1, -0.05) is 0 Å². The molecule has 0 unspecified atom stereocenters. The molecule has 0 saturated heterocycles. The summed E-state index contributed by atoms with van der Waals surface area (Å²) in [6.07, 6.45) is 1.81. The van der Waals surface area contributed by atoms with Crippen LogP contribution in [-0.4, -0.2) is 47.8 Å². The third kappa shape index (κ3) is 3.71. The molecule has 0 atom stereocenters. The second kappa shape index (κ2) is 5.50. The first kappa shape index (κ1) is 11.7. The van der Waals surface area contributed by atoms with Crippen LogP contribution in [0.3, 0.4) is 0 Å². The van der Waals surface area contributed by atoms with Gasteiger partial charge < -0.3 is 10.2 Å². The van der Waals surface area contributed by atoms with Crippen molar-refractivity contribution in [3.63, 3.8) is 0 Å². The molecule has 84 valence electrons. The van der Waals surface area contributed by atoms with Gasteiger partial charge in [0.1, 0.15) is 5.69 Å². The summed E-state index contributed by atoms with van der Waals surface area (Å²) in [7, 11) is 3.94. The zero-order valence-corrected chi connectivity index (χ0v) is 9.53. The highest BCUT2D eigenvalue weighted by Gasteiger charge is 2.07. The van der Waals surface area contributed by atoms with E-state index in [2.05, 4.69) is 10.4 Å². The maximum absolute atomic E-state index is 11.5. The molecule has 1 aromatic heterocycles. The Hall–Kier alpha value is -1.36. The summed E-state index contributed by atoms with van der Waals surface area (Å²) in [5.41, 5.74) is 0.482.